The fourth-order valence-corrected chi connectivity index (χ4v) is 5.16. The summed E-state index contributed by atoms with van der Waals surface area (Å²) in [6.07, 6.45) is 3.74. The summed E-state index contributed by atoms with van der Waals surface area (Å²) < 4.78 is 49.7. The number of rotatable bonds is 8. The van der Waals surface area contributed by atoms with Crippen molar-refractivity contribution in [2.45, 2.75) is 32.9 Å². The fraction of sp³-hybridized carbons (Fsp3) is 0.296. The third kappa shape index (κ3) is 7.64. The molecule has 0 atom stereocenters. The first-order valence-corrected chi connectivity index (χ1v) is 14.9. The summed E-state index contributed by atoms with van der Waals surface area (Å²) in [4.78, 5) is 23.8. The van der Waals surface area contributed by atoms with Crippen LogP contribution in [0.15, 0.2) is 54.9 Å². The molecule has 1 amide bonds. The molecule has 2 N–H and O–H groups in total. The van der Waals surface area contributed by atoms with Gasteiger partial charge in [-0.05, 0) is 50.6 Å². The molecular weight excluding hydrogens is 543 g/mol. The maximum Gasteiger partial charge on any atom is 0.410 e. The second-order valence-electron chi connectivity index (χ2n) is 10.0. The van der Waals surface area contributed by atoms with E-state index in [1.807, 2.05) is 18.2 Å². The van der Waals surface area contributed by atoms with Crippen molar-refractivity contribution in [1.82, 2.24) is 14.9 Å². The Hall–Kier alpha value is -3.77. The number of pyridine rings is 2. The summed E-state index contributed by atoms with van der Waals surface area (Å²) >= 11 is 1.40. The summed E-state index contributed by atoms with van der Waals surface area (Å²) in [5, 5.41) is 0. The van der Waals surface area contributed by atoms with E-state index in [9.17, 15) is 17.6 Å². The third-order valence-corrected chi connectivity index (χ3v) is 7.47. The Morgan fingerprint density at radius 3 is 2.51 bits per heavy atom. The van der Waals surface area contributed by atoms with E-state index in [0.717, 1.165) is 15.8 Å². The van der Waals surface area contributed by atoms with Crippen LogP contribution in [0, 0.1) is 5.82 Å². The molecule has 12 heteroatoms. The number of nitrogens with two attached hydrogens (primary N) is 1. The molecule has 0 radical (unpaired) electrons. The number of hydrogen-bond donors (Lipinski definition) is 1. The van der Waals surface area contributed by atoms with E-state index in [4.69, 9.17) is 15.2 Å². The van der Waals surface area contributed by atoms with Crippen LogP contribution in [0.4, 0.5) is 14.9 Å². The number of sulfone groups is 1. The van der Waals surface area contributed by atoms with Crippen molar-refractivity contribution in [3.05, 3.63) is 66.2 Å². The number of anilines is 1. The molecule has 0 bridgehead atoms. The monoisotopic (exact) mass is 572 g/mol. The molecule has 0 saturated heterocycles. The van der Waals surface area contributed by atoms with Gasteiger partial charge in [-0.15, -0.1) is 11.3 Å². The number of ether oxygens (including phenoxy) is 2. The van der Waals surface area contributed by atoms with Gasteiger partial charge in [-0.1, -0.05) is 6.07 Å². The number of thiophene rings is 1. The molecule has 0 aliphatic rings. The number of hydrogen-bond acceptors (Lipinski definition) is 9. The van der Waals surface area contributed by atoms with Gasteiger partial charge < -0.3 is 20.1 Å². The number of nitrogens with zero attached hydrogens (tertiary/aromatic N) is 3. The highest BCUT2D eigenvalue weighted by Crippen LogP contribution is 2.39. The molecule has 0 saturated carbocycles. The lowest BCUT2D eigenvalue weighted by molar-refractivity contribution is 0.0246. The van der Waals surface area contributed by atoms with Gasteiger partial charge in [0.25, 0.3) is 0 Å². The van der Waals surface area contributed by atoms with Crippen LogP contribution in [0.2, 0.25) is 0 Å². The van der Waals surface area contributed by atoms with Crippen molar-refractivity contribution >= 4 is 43.2 Å². The van der Waals surface area contributed by atoms with Gasteiger partial charge in [-0.3, -0.25) is 9.97 Å². The second kappa shape index (κ2) is 11.1. The Morgan fingerprint density at radius 1 is 1.10 bits per heavy atom. The third-order valence-electron chi connectivity index (χ3n) is 5.39. The van der Waals surface area contributed by atoms with Crippen LogP contribution in [0.5, 0.6) is 11.5 Å². The van der Waals surface area contributed by atoms with Crippen LogP contribution in [0.3, 0.4) is 0 Å². The van der Waals surface area contributed by atoms with Crippen LogP contribution < -0.4 is 10.5 Å². The van der Waals surface area contributed by atoms with E-state index in [1.54, 1.807) is 45.3 Å². The number of nitrogen functional groups attached to an aromatic ring is 1. The molecule has 39 heavy (non-hydrogen) atoms. The lowest BCUT2D eigenvalue weighted by Gasteiger charge is -2.27. The van der Waals surface area contributed by atoms with E-state index < -0.39 is 27.3 Å². The molecule has 0 aliphatic heterocycles. The molecule has 206 valence electrons. The normalized spacial score (nSPS) is 11.9. The maximum absolute atomic E-state index is 14.3. The Labute approximate surface area is 230 Å². The summed E-state index contributed by atoms with van der Waals surface area (Å²) in [7, 11) is -3.28. The summed E-state index contributed by atoms with van der Waals surface area (Å²) in [6, 6.07) is 11.4. The number of carbonyl (C=O) groups excluding carboxylic acids is 1. The van der Waals surface area contributed by atoms with Gasteiger partial charge in [0.2, 0.25) is 0 Å². The molecule has 4 rings (SSSR count). The number of carbonyl (C=O) groups is 1. The first-order chi connectivity index (χ1) is 18.3. The van der Waals surface area contributed by atoms with Gasteiger partial charge in [-0.2, -0.15) is 0 Å². The number of fused-ring (bicyclic) bond motifs is 1. The van der Waals surface area contributed by atoms with Gasteiger partial charge >= 0.3 is 6.09 Å². The average Bonchev–Trinajstić information content (AvgIpc) is 3.27. The van der Waals surface area contributed by atoms with Gasteiger partial charge in [0, 0.05) is 43.0 Å². The van der Waals surface area contributed by atoms with Crippen LogP contribution in [0.25, 0.3) is 20.8 Å². The van der Waals surface area contributed by atoms with Gasteiger partial charge in [-0.25, -0.2) is 17.6 Å². The van der Waals surface area contributed by atoms with Crippen molar-refractivity contribution in [2.75, 3.05) is 24.3 Å². The van der Waals surface area contributed by atoms with Crippen LogP contribution >= 0.6 is 11.3 Å². The van der Waals surface area contributed by atoms with E-state index in [0.29, 0.717) is 28.2 Å². The number of amides is 1. The van der Waals surface area contributed by atoms with E-state index in [2.05, 4.69) is 9.97 Å². The number of aromatic nitrogens is 2. The quantitative estimate of drug-likeness (QED) is 0.269. The summed E-state index contributed by atoms with van der Waals surface area (Å²) in [5.41, 5.74) is 7.26. The highest BCUT2D eigenvalue weighted by molar-refractivity contribution is 7.90. The maximum atomic E-state index is 14.3. The van der Waals surface area contributed by atoms with Gasteiger partial charge in [0.15, 0.2) is 11.6 Å². The molecule has 1 aromatic carbocycles. The molecule has 9 nitrogen and oxygen atoms in total. The molecule has 3 heterocycles. The van der Waals surface area contributed by atoms with Crippen LogP contribution in [-0.4, -0.2) is 53.5 Å². The van der Waals surface area contributed by atoms with Crippen molar-refractivity contribution in [1.29, 1.82) is 0 Å². The Balaban J connectivity index is 1.55. The minimum atomic E-state index is -3.28. The average molecular weight is 573 g/mol. The Kier molecular flexibility index (Phi) is 8.07. The molecule has 3 aromatic heterocycles. The lowest BCUT2D eigenvalue weighted by Crippen LogP contribution is -2.39. The predicted molar refractivity (Wildman–Crippen MR) is 150 cm³/mol. The SMILES string of the molecule is CC(C)(C)OC(=O)N(CCS(C)(=O)=O)Cc1ccc(-c2cc3nccc(Oc4ccc(N)cc4F)c3s2)nc1. The van der Waals surface area contributed by atoms with Crippen molar-refractivity contribution in [3.63, 3.8) is 0 Å². The first-order valence-electron chi connectivity index (χ1n) is 12.0. The van der Waals surface area contributed by atoms with E-state index in [-0.39, 0.29) is 24.6 Å². The summed E-state index contributed by atoms with van der Waals surface area (Å²) in [6.45, 7) is 5.38. The molecule has 0 aliphatic carbocycles. The second-order valence-corrected chi connectivity index (χ2v) is 13.3. The zero-order valence-electron chi connectivity index (χ0n) is 22.0. The Morgan fingerprint density at radius 2 is 1.87 bits per heavy atom. The minimum Gasteiger partial charge on any atom is -0.453 e. The molecule has 0 spiro atoms. The lowest BCUT2D eigenvalue weighted by atomic mass is 10.2. The number of benzene rings is 1. The van der Waals surface area contributed by atoms with E-state index in [1.165, 1.54) is 28.4 Å². The van der Waals surface area contributed by atoms with Gasteiger partial charge in [0.05, 0.1) is 33.1 Å². The van der Waals surface area contributed by atoms with Crippen LogP contribution in [-0.2, 0) is 21.1 Å². The topological polar surface area (TPSA) is 125 Å². The fourth-order valence-electron chi connectivity index (χ4n) is 3.56. The van der Waals surface area contributed by atoms with Crippen molar-refractivity contribution in [2.24, 2.45) is 0 Å². The predicted octanol–water partition coefficient (Wildman–Crippen LogP) is 5.65. The van der Waals surface area contributed by atoms with Crippen LogP contribution in [0.1, 0.15) is 26.3 Å². The number of halogens is 1. The van der Waals surface area contributed by atoms with Crippen molar-refractivity contribution in [3.8, 4) is 22.1 Å². The zero-order valence-corrected chi connectivity index (χ0v) is 23.6. The molecule has 0 fully saturated rings. The Bertz CT molecular complexity index is 1600. The minimum absolute atomic E-state index is 0.00510. The van der Waals surface area contributed by atoms with Crippen molar-refractivity contribution < 1.29 is 27.1 Å². The molecule has 4 aromatic rings. The molecular formula is C27H29FN4O5S2. The first kappa shape index (κ1) is 28.2. The largest absolute Gasteiger partial charge is 0.453 e. The van der Waals surface area contributed by atoms with Gasteiger partial charge in [0.1, 0.15) is 21.2 Å². The highest BCUT2D eigenvalue weighted by atomic mass is 32.2. The zero-order chi connectivity index (χ0) is 28.4. The highest BCUT2D eigenvalue weighted by Gasteiger charge is 2.23. The molecule has 0 unspecified atom stereocenters. The summed E-state index contributed by atoms with van der Waals surface area (Å²) in [5.74, 6) is -0.238. The standard InChI is InChI=1S/C27H29FN4O5S2/c1-27(2,3)37-26(33)32(11-12-39(4,34)35)16-17-5-7-20(31-15-17)24-14-21-25(38-24)23(9-10-30-21)36-22-8-6-18(29)13-19(22)28/h5-10,13-15H,11-12,16,29H2,1-4H3. The smallest absolute Gasteiger partial charge is 0.410 e. The van der Waals surface area contributed by atoms with E-state index >= 15 is 0 Å².